The number of carbonyl (C=O) groups is 4. The fourth-order valence-corrected chi connectivity index (χ4v) is 10.5. The summed E-state index contributed by atoms with van der Waals surface area (Å²) in [6.45, 7) is 7.18. The number of rotatable bonds is 9. The zero-order valence-electron chi connectivity index (χ0n) is 31.0. The average molecular weight is 853 g/mol. The van der Waals surface area contributed by atoms with Crippen molar-refractivity contribution in [3.63, 3.8) is 0 Å². The molecule has 2 aromatic rings. The van der Waals surface area contributed by atoms with Crippen molar-refractivity contribution in [2.45, 2.75) is 101 Å². The first-order valence-electron chi connectivity index (χ1n) is 17.3. The average Bonchev–Trinajstić information content (AvgIpc) is 3.97. The summed E-state index contributed by atoms with van der Waals surface area (Å²) < 4.78 is 35.1. The number of fused-ring (bicyclic) bond motifs is 2. The minimum absolute atomic E-state index is 0. The number of aliphatic hydroxyl groups excluding tert-OH is 2. The molecule has 18 nitrogen and oxygen atoms in total. The van der Waals surface area contributed by atoms with Crippen molar-refractivity contribution in [2.24, 2.45) is 11.8 Å². The van der Waals surface area contributed by atoms with Crippen LogP contribution in [0.15, 0.2) is 48.5 Å². The fourth-order valence-electron chi connectivity index (χ4n) is 6.82. The number of hydrogen-bond donors (Lipinski definition) is 2. The Kier molecular flexibility index (Phi) is 14.6. The second-order valence-corrected chi connectivity index (χ2v) is 15.8. The van der Waals surface area contributed by atoms with Crippen LogP contribution in [0.25, 0.3) is 0 Å². The van der Waals surface area contributed by atoms with Crippen molar-refractivity contribution in [2.75, 3.05) is 13.2 Å². The first-order valence-corrected chi connectivity index (χ1v) is 19.6. The molecule has 0 bridgehead atoms. The van der Waals surface area contributed by atoms with E-state index < -0.39 is 47.6 Å². The van der Waals surface area contributed by atoms with Crippen LogP contribution in [0, 0.1) is 25.7 Å². The van der Waals surface area contributed by atoms with Crippen molar-refractivity contribution in [3.05, 3.63) is 65.5 Å². The summed E-state index contributed by atoms with van der Waals surface area (Å²) in [5.74, 6) is -3.99. The molecule has 0 aliphatic carbocycles. The molecule has 2 N–H and O–H groups in total. The molecule has 4 saturated heterocycles. The first-order chi connectivity index (χ1) is 26.1. The molecule has 8 rings (SSSR count). The molecule has 6 aliphatic heterocycles. The molecule has 0 unspecified atom stereocenters. The molecule has 6 aliphatic rings. The molecule has 4 fully saturated rings. The number of hydrogen-bond acceptors (Lipinski definition) is 18. The second-order valence-electron chi connectivity index (χ2n) is 13.3. The van der Waals surface area contributed by atoms with E-state index in [4.69, 9.17) is 34.6 Å². The number of thioether (sulfide) groups is 2. The van der Waals surface area contributed by atoms with Crippen molar-refractivity contribution < 1.29 is 95.9 Å². The molecular formula is C34H38ClN2NaO16S2. The van der Waals surface area contributed by atoms with Crippen molar-refractivity contribution >= 4 is 58.9 Å². The summed E-state index contributed by atoms with van der Waals surface area (Å²) in [4.78, 5) is 73.7. The third kappa shape index (κ3) is 8.64. The van der Waals surface area contributed by atoms with Crippen LogP contribution < -0.4 is 46.3 Å². The van der Waals surface area contributed by atoms with Gasteiger partial charge in [0.1, 0.15) is 22.2 Å². The molecule has 8 heterocycles. The van der Waals surface area contributed by atoms with Crippen LogP contribution in [0.2, 0.25) is 0 Å². The fraction of sp³-hybridized carbons (Fsp3) is 0.588. The minimum Gasteiger partial charge on any atom is -0.543 e. The monoisotopic (exact) mass is 852 g/mol. The second kappa shape index (κ2) is 18.4. The summed E-state index contributed by atoms with van der Waals surface area (Å²) in [7, 11) is 0. The van der Waals surface area contributed by atoms with Crippen LogP contribution in [0.3, 0.4) is 0 Å². The summed E-state index contributed by atoms with van der Waals surface area (Å²) in [5, 5.41) is 30.1. The zero-order valence-corrected chi connectivity index (χ0v) is 35.4. The normalized spacial score (nSPS) is 27.3. The Hall–Kier alpha value is -2.79. The third-order valence-electron chi connectivity index (χ3n) is 9.61. The Bertz CT molecular complexity index is 2010. The predicted octanol–water partition coefficient (Wildman–Crippen LogP) is -1.79. The maximum Gasteiger partial charge on any atom is 1.00 e. The Morgan fingerprint density at radius 2 is 1.25 bits per heavy atom. The number of carbonyl (C=O) groups excluding carboxylic acids is 4. The van der Waals surface area contributed by atoms with Gasteiger partial charge in [0.15, 0.2) is 23.9 Å². The van der Waals surface area contributed by atoms with Gasteiger partial charge in [-0.3, -0.25) is 19.4 Å². The van der Waals surface area contributed by atoms with Crippen LogP contribution in [-0.2, 0) is 45.9 Å². The van der Waals surface area contributed by atoms with Crippen molar-refractivity contribution in [1.29, 1.82) is 0 Å². The molecule has 8 atom stereocenters. The number of aliphatic carboxylic acids is 1. The largest absolute Gasteiger partial charge is 1.00 e. The third-order valence-corrected chi connectivity index (χ3v) is 12.8. The van der Waals surface area contributed by atoms with Gasteiger partial charge < -0.3 is 52.0 Å². The molecule has 56 heavy (non-hydrogen) atoms. The van der Waals surface area contributed by atoms with Crippen LogP contribution in [-0.4, -0.2) is 92.1 Å². The number of ether oxygens (including phenoxy) is 3. The van der Waals surface area contributed by atoms with Gasteiger partial charge in [-0.1, -0.05) is 23.5 Å². The summed E-state index contributed by atoms with van der Waals surface area (Å²) in [6.07, 6.45) is 1.15. The van der Waals surface area contributed by atoms with Gasteiger partial charge in [0.25, 0.3) is 0 Å². The smallest absolute Gasteiger partial charge is 0.543 e. The van der Waals surface area contributed by atoms with Crippen LogP contribution in [0.1, 0.15) is 62.6 Å². The number of β-lactam (4-membered cyclic amide) rings is 2. The van der Waals surface area contributed by atoms with Crippen molar-refractivity contribution in [1.82, 2.24) is 9.80 Å². The number of halogens is 1. The number of amides is 2. The van der Waals surface area contributed by atoms with Gasteiger partial charge in [0, 0.05) is 23.0 Å². The first kappa shape index (κ1) is 44.3. The quantitative estimate of drug-likeness (QED) is 0.122. The number of esters is 1. The predicted molar refractivity (Wildman–Crippen MR) is 187 cm³/mol. The maximum atomic E-state index is 12.8. The number of nitrogens with zero attached hydrogens (tertiary/aromatic N) is 2. The van der Waals surface area contributed by atoms with Gasteiger partial charge in [-0.15, -0.1) is 11.6 Å². The molecule has 2 amide bonds. The van der Waals surface area contributed by atoms with E-state index >= 15 is 0 Å². The Labute approximate surface area is 354 Å². The molecule has 0 spiro atoms. The Morgan fingerprint density at radius 3 is 1.61 bits per heavy atom. The standard InChI is InChI=1S/C17H19NO8S.C12H15NO5S.C5H5ClO3.Na/c1-7(19)11-14(20)18-12(13(27-15(11)18)9-4-3-5-23-9)16(21)24-6-10-8(2)25-17(22)26-10;1-5(14)7-10(15)13-8(12(16)17)9(19-11(7)13)6-3-2-4-18-6;1-3-4(2-6)9-5(7)8-3;/h7,9,11,15,19H,3-6H2,1-2H3;5-7,11,14H,2-4H2,1H3,(H,16,17);2H2,1H3;/q;;;+1/p-1/t7-,9-,11+,15-;5-,6-,7+,11-;;/m11../s1. The molecule has 0 radical (unpaired) electrons. The number of aliphatic hydroxyl groups is 2. The molecule has 22 heteroatoms. The molecular weight excluding hydrogens is 815 g/mol. The van der Waals surface area contributed by atoms with E-state index in [1.165, 1.54) is 40.2 Å². The van der Waals surface area contributed by atoms with Gasteiger partial charge in [0.2, 0.25) is 11.8 Å². The van der Waals surface area contributed by atoms with Gasteiger partial charge >= 0.3 is 47.2 Å². The minimum atomic E-state index is -1.35. The Balaban J connectivity index is 0.000000179. The Morgan fingerprint density at radius 1 is 0.804 bits per heavy atom. The molecule has 0 saturated carbocycles. The maximum absolute atomic E-state index is 12.8. The summed E-state index contributed by atoms with van der Waals surface area (Å²) >= 11 is 8.04. The zero-order chi connectivity index (χ0) is 39.9. The molecule has 300 valence electrons. The van der Waals surface area contributed by atoms with E-state index in [1.54, 1.807) is 20.8 Å². The van der Waals surface area contributed by atoms with Crippen LogP contribution in [0.4, 0.5) is 0 Å². The van der Waals surface area contributed by atoms with Crippen LogP contribution in [0.5, 0.6) is 0 Å². The number of carboxylic acid groups (broad SMARTS) is 1. The van der Waals surface area contributed by atoms with Crippen molar-refractivity contribution in [3.8, 4) is 0 Å². The van der Waals surface area contributed by atoms with E-state index in [0.717, 1.165) is 25.7 Å². The van der Waals surface area contributed by atoms with E-state index in [-0.39, 0.29) is 99.7 Å². The SMILES string of the molecule is C[C@@H](O)[C@H]1C(=O)N2C(C(=O)[O-])=C([C@H]3CCCO3)S[C@H]12.Cc1oc(=O)oc1CCl.Cc1oc(=O)oc1COC(=O)C1=C([C@H]2CCCO2)S[C@@H]2[C@@H]([C@@H](C)O)C(=O)N12.[Na+]. The topological polar surface area (TPSA) is 253 Å². The number of alkyl halides is 1. The van der Waals surface area contributed by atoms with E-state index in [9.17, 15) is 44.1 Å². The van der Waals surface area contributed by atoms with E-state index in [1.807, 2.05) is 0 Å². The van der Waals surface area contributed by atoms with Gasteiger partial charge in [0.05, 0.1) is 53.8 Å². The van der Waals surface area contributed by atoms with E-state index in [0.29, 0.717) is 34.5 Å². The van der Waals surface area contributed by atoms with Gasteiger partial charge in [-0.2, -0.15) is 0 Å². The van der Waals surface area contributed by atoms with E-state index in [2.05, 4.69) is 8.83 Å². The number of aryl methyl sites for hydroxylation is 2. The van der Waals surface area contributed by atoms with Gasteiger partial charge in [-0.25, -0.2) is 14.4 Å². The summed E-state index contributed by atoms with van der Waals surface area (Å²) in [5.41, 5.74) is 0.0890. The summed E-state index contributed by atoms with van der Waals surface area (Å²) in [6, 6.07) is 0. The molecule has 0 aromatic carbocycles. The van der Waals surface area contributed by atoms with Crippen LogP contribution >= 0.6 is 35.1 Å². The van der Waals surface area contributed by atoms with Gasteiger partial charge in [-0.05, 0) is 53.4 Å². The molecule has 2 aromatic heterocycles. The number of carboxylic acids is 1.